The second-order valence-corrected chi connectivity index (χ2v) is 13.2. The smallest absolute Gasteiger partial charge is 0.410 e. The van der Waals surface area contributed by atoms with Gasteiger partial charge in [-0.05, 0) is 101 Å². The number of nitrogens with two attached hydrogens (primary N) is 1. The molecule has 2 aromatic carbocycles. The van der Waals surface area contributed by atoms with Crippen LogP contribution in [0.4, 0.5) is 16.2 Å². The van der Waals surface area contributed by atoms with Gasteiger partial charge in [-0.2, -0.15) is 0 Å². The van der Waals surface area contributed by atoms with E-state index < -0.39 is 17.6 Å². The molecule has 5 rings (SSSR count). The van der Waals surface area contributed by atoms with Crippen molar-refractivity contribution in [1.29, 1.82) is 0 Å². The van der Waals surface area contributed by atoms with Crippen LogP contribution in [0.5, 0.6) is 0 Å². The van der Waals surface area contributed by atoms with Gasteiger partial charge in [-0.25, -0.2) is 14.8 Å². The van der Waals surface area contributed by atoms with Crippen molar-refractivity contribution in [3.63, 3.8) is 0 Å². The van der Waals surface area contributed by atoms with Crippen LogP contribution < -0.4 is 10.6 Å². The highest BCUT2D eigenvalue weighted by Crippen LogP contribution is 2.41. The number of nitrogens with zero attached hydrogens (tertiary/aromatic N) is 5. The number of aromatic nitrogens is 1. The van der Waals surface area contributed by atoms with Crippen molar-refractivity contribution in [3.05, 3.63) is 75.9 Å². The summed E-state index contributed by atoms with van der Waals surface area (Å²) in [4.78, 5) is 53.9. The van der Waals surface area contributed by atoms with E-state index in [1.165, 1.54) is 0 Å². The molecule has 11 heteroatoms. The lowest BCUT2D eigenvalue weighted by molar-refractivity contribution is -0.132. The first-order valence-electron chi connectivity index (χ1n) is 15.0. The summed E-state index contributed by atoms with van der Waals surface area (Å²) in [5.41, 5.74) is 10.2. The standard InChI is InChI=1S/C34H39ClN6O4/c1-20-13-22(35)16-24(14-20)41-19-37-29-15-21(2)25(27-10-7-11-28(38-27)31(36)42)17-26(29)30(41)32(43)39(6)18-23-9-8-12-40(23)33(44)45-34(3,4)5/h7,10-11,13-17,19,23,30H,8-9,12,18H2,1-6H3,(H2,36,42)/t23-,30?/m0/s1. The van der Waals surface area contributed by atoms with Crippen molar-refractivity contribution in [2.24, 2.45) is 10.7 Å². The van der Waals surface area contributed by atoms with Gasteiger partial charge < -0.3 is 25.2 Å². The maximum Gasteiger partial charge on any atom is 0.410 e. The summed E-state index contributed by atoms with van der Waals surface area (Å²) < 4.78 is 5.65. The number of fused-ring (bicyclic) bond motifs is 1. The first-order chi connectivity index (χ1) is 21.2. The van der Waals surface area contributed by atoms with E-state index in [1.807, 2.05) is 63.8 Å². The summed E-state index contributed by atoms with van der Waals surface area (Å²) in [6, 6.07) is 13.6. The third kappa shape index (κ3) is 6.96. The number of aryl methyl sites for hydroxylation is 2. The molecule has 1 unspecified atom stereocenters. The monoisotopic (exact) mass is 630 g/mol. The van der Waals surface area contributed by atoms with Crippen LogP contribution in [-0.2, 0) is 9.53 Å². The molecule has 1 fully saturated rings. The summed E-state index contributed by atoms with van der Waals surface area (Å²) in [5.74, 6) is -0.800. The molecule has 2 atom stereocenters. The summed E-state index contributed by atoms with van der Waals surface area (Å²) >= 11 is 6.47. The highest BCUT2D eigenvalue weighted by Gasteiger charge is 2.38. The van der Waals surface area contributed by atoms with Crippen molar-refractivity contribution in [3.8, 4) is 11.3 Å². The van der Waals surface area contributed by atoms with Gasteiger partial charge in [-0.15, -0.1) is 0 Å². The third-order valence-corrected chi connectivity index (χ3v) is 8.19. The predicted octanol–water partition coefficient (Wildman–Crippen LogP) is 6.20. The van der Waals surface area contributed by atoms with Crippen LogP contribution in [0, 0.1) is 13.8 Å². The number of benzene rings is 2. The Morgan fingerprint density at radius 1 is 1.11 bits per heavy atom. The van der Waals surface area contributed by atoms with Crippen LogP contribution in [-0.4, -0.2) is 70.8 Å². The van der Waals surface area contributed by atoms with E-state index in [9.17, 15) is 14.4 Å². The molecule has 3 amide bonds. The van der Waals surface area contributed by atoms with Crippen molar-refractivity contribution >= 4 is 47.2 Å². The molecule has 0 radical (unpaired) electrons. The highest BCUT2D eigenvalue weighted by atomic mass is 35.5. The molecular formula is C34H39ClN6O4. The number of aliphatic imine (C=N–C) groups is 1. The molecule has 0 aliphatic carbocycles. The summed E-state index contributed by atoms with van der Waals surface area (Å²) in [7, 11) is 1.76. The fourth-order valence-electron chi connectivity index (χ4n) is 5.91. The Morgan fingerprint density at radius 2 is 1.87 bits per heavy atom. The van der Waals surface area contributed by atoms with Gasteiger partial charge in [0.2, 0.25) is 5.91 Å². The number of primary amides is 1. The van der Waals surface area contributed by atoms with Gasteiger partial charge in [0, 0.05) is 42.0 Å². The van der Waals surface area contributed by atoms with Gasteiger partial charge in [0.25, 0.3) is 5.91 Å². The topological polar surface area (TPSA) is 121 Å². The average Bonchev–Trinajstić information content (AvgIpc) is 3.42. The van der Waals surface area contributed by atoms with Crippen LogP contribution in [0.15, 0.2) is 53.5 Å². The lowest BCUT2D eigenvalue weighted by atomic mass is 9.93. The Hall–Kier alpha value is -4.44. The van der Waals surface area contributed by atoms with Crippen molar-refractivity contribution in [2.75, 3.05) is 25.0 Å². The van der Waals surface area contributed by atoms with E-state index in [2.05, 4.69) is 4.98 Å². The third-order valence-electron chi connectivity index (χ3n) is 7.97. The van der Waals surface area contributed by atoms with Gasteiger partial charge in [0.15, 0.2) is 0 Å². The molecular weight excluding hydrogens is 592 g/mol. The van der Waals surface area contributed by atoms with Crippen LogP contribution in [0.2, 0.25) is 5.02 Å². The van der Waals surface area contributed by atoms with Gasteiger partial charge in [0.1, 0.15) is 17.3 Å². The number of rotatable bonds is 6. The number of pyridine rings is 1. The molecule has 2 aliphatic heterocycles. The number of amides is 3. The first kappa shape index (κ1) is 32.0. The maximum atomic E-state index is 14.6. The Labute approximate surface area is 268 Å². The second-order valence-electron chi connectivity index (χ2n) is 12.7. The summed E-state index contributed by atoms with van der Waals surface area (Å²) in [5, 5.41) is 0.541. The number of likely N-dealkylation sites (N-methyl/N-ethyl adjacent to an activating group) is 1. The molecule has 236 valence electrons. The minimum atomic E-state index is -0.796. The number of anilines is 1. The molecule has 2 N–H and O–H groups in total. The first-order valence-corrected chi connectivity index (χ1v) is 15.4. The molecule has 10 nitrogen and oxygen atoms in total. The molecule has 1 aromatic heterocycles. The molecule has 0 spiro atoms. The molecule has 3 aromatic rings. The minimum Gasteiger partial charge on any atom is -0.444 e. The molecule has 3 heterocycles. The normalized spacial score (nSPS) is 17.7. The number of hydrogen-bond acceptors (Lipinski definition) is 7. The molecule has 0 bridgehead atoms. The summed E-state index contributed by atoms with van der Waals surface area (Å²) in [6.07, 6.45) is 2.89. The number of likely N-dealkylation sites (tertiary alicyclic amines) is 1. The van der Waals surface area contributed by atoms with Crippen molar-refractivity contribution in [2.45, 2.75) is 65.1 Å². The Morgan fingerprint density at radius 3 is 2.56 bits per heavy atom. The van der Waals surface area contributed by atoms with Crippen LogP contribution in [0.1, 0.15) is 66.8 Å². The van der Waals surface area contributed by atoms with Crippen LogP contribution in [0.3, 0.4) is 0 Å². The number of hydrogen-bond donors (Lipinski definition) is 1. The quantitative estimate of drug-likeness (QED) is 0.346. The highest BCUT2D eigenvalue weighted by molar-refractivity contribution is 6.31. The molecule has 2 aliphatic rings. The molecule has 45 heavy (non-hydrogen) atoms. The Balaban J connectivity index is 1.54. The van der Waals surface area contributed by atoms with Crippen LogP contribution in [0.25, 0.3) is 11.3 Å². The van der Waals surface area contributed by atoms with Crippen LogP contribution >= 0.6 is 11.6 Å². The van der Waals surface area contributed by atoms with Gasteiger partial charge in [-0.1, -0.05) is 17.7 Å². The predicted molar refractivity (Wildman–Crippen MR) is 176 cm³/mol. The minimum absolute atomic E-state index is 0.150. The fourth-order valence-corrected chi connectivity index (χ4v) is 6.20. The van der Waals surface area contributed by atoms with Crippen molar-refractivity contribution in [1.82, 2.24) is 14.8 Å². The SMILES string of the molecule is Cc1cc(Cl)cc(N2C=Nc3cc(C)c(-c4cccc(C(N)=O)n4)cc3C2C(=O)N(C)C[C@@H]2CCCN2C(=O)OC(C)(C)C)c1. The number of halogens is 1. The zero-order valence-corrected chi connectivity index (χ0v) is 27.3. The second kappa shape index (κ2) is 12.5. The van der Waals surface area contributed by atoms with E-state index in [0.717, 1.165) is 29.5 Å². The lowest BCUT2D eigenvalue weighted by Gasteiger charge is -2.37. The number of ether oxygens (including phenoxy) is 1. The average molecular weight is 631 g/mol. The largest absolute Gasteiger partial charge is 0.444 e. The van der Waals surface area contributed by atoms with E-state index in [0.29, 0.717) is 40.7 Å². The number of carbonyl (C=O) groups excluding carboxylic acids is 3. The van der Waals surface area contributed by atoms with E-state index in [-0.39, 0.29) is 23.7 Å². The zero-order valence-electron chi connectivity index (χ0n) is 26.5. The lowest BCUT2D eigenvalue weighted by Crippen LogP contribution is -2.48. The van der Waals surface area contributed by atoms with E-state index in [1.54, 1.807) is 47.5 Å². The van der Waals surface area contributed by atoms with E-state index >= 15 is 0 Å². The number of carbonyl (C=O) groups is 3. The molecule has 1 saturated heterocycles. The fraction of sp³-hybridized carbons (Fsp3) is 0.382. The maximum absolute atomic E-state index is 14.6. The van der Waals surface area contributed by atoms with Gasteiger partial charge >= 0.3 is 6.09 Å². The summed E-state index contributed by atoms with van der Waals surface area (Å²) in [6.45, 7) is 10.3. The van der Waals surface area contributed by atoms with E-state index in [4.69, 9.17) is 27.1 Å². The Bertz CT molecular complexity index is 1660. The van der Waals surface area contributed by atoms with Gasteiger partial charge in [-0.3, -0.25) is 9.59 Å². The molecule has 0 saturated carbocycles. The Kier molecular flexibility index (Phi) is 8.89. The zero-order chi connectivity index (χ0) is 32.6. The van der Waals surface area contributed by atoms with Gasteiger partial charge in [0.05, 0.1) is 23.8 Å². The van der Waals surface area contributed by atoms with Crippen molar-refractivity contribution < 1.29 is 19.1 Å².